The van der Waals surface area contributed by atoms with Gasteiger partial charge in [-0.05, 0) is 19.9 Å². The van der Waals surface area contributed by atoms with Crippen LogP contribution in [0.1, 0.15) is 12.6 Å². The number of aromatic nitrogens is 1. The molecule has 13 heavy (non-hydrogen) atoms. The number of pyridine rings is 1. The maximum atomic E-state index is 5.91. The number of methoxy groups -OCH3 is 1. The van der Waals surface area contributed by atoms with Crippen molar-refractivity contribution in [3.63, 3.8) is 0 Å². The topological polar surface area (TPSA) is 31.4 Å². The Morgan fingerprint density at radius 2 is 2.23 bits per heavy atom. The summed E-state index contributed by atoms with van der Waals surface area (Å²) in [4.78, 5) is 4.06. The second-order valence-corrected chi connectivity index (χ2v) is 3.04. The van der Waals surface area contributed by atoms with Gasteiger partial charge in [0, 0.05) is 13.3 Å². The highest BCUT2D eigenvalue weighted by atomic mass is 35.5. The lowest BCUT2D eigenvalue weighted by atomic mass is 10.3. The van der Waals surface area contributed by atoms with Crippen molar-refractivity contribution in [1.29, 1.82) is 0 Å². The quantitative estimate of drug-likeness (QED) is 0.704. The van der Waals surface area contributed by atoms with Gasteiger partial charge in [-0.25, -0.2) is 0 Å². The van der Waals surface area contributed by atoms with E-state index in [1.807, 2.05) is 6.92 Å². The van der Waals surface area contributed by atoms with Gasteiger partial charge < -0.3 is 9.47 Å². The van der Waals surface area contributed by atoms with Crippen molar-refractivity contribution >= 4 is 11.6 Å². The normalized spacial score (nSPS) is 12.6. The minimum absolute atomic E-state index is 0.319. The van der Waals surface area contributed by atoms with Gasteiger partial charge in [-0.3, -0.25) is 4.98 Å². The number of halogens is 1. The van der Waals surface area contributed by atoms with Crippen LogP contribution >= 0.6 is 11.6 Å². The predicted octanol–water partition coefficient (Wildman–Crippen LogP) is 2.41. The smallest absolute Gasteiger partial charge is 0.196 e. The lowest BCUT2D eigenvalue weighted by Crippen LogP contribution is -2.14. The van der Waals surface area contributed by atoms with E-state index in [1.165, 1.54) is 0 Å². The average molecular weight is 202 g/mol. The molecule has 1 atom stereocenters. The first-order valence-electron chi connectivity index (χ1n) is 3.95. The maximum Gasteiger partial charge on any atom is 0.196 e. The van der Waals surface area contributed by atoms with Crippen LogP contribution in [-0.2, 0) is 4.74 Å². The third-order valence-electron chi connectivity index (χ3n) is 1.65. The van der Waals surface area contributed by atoms with Crippen LogP contribution in [0.2, 0.25) is 5.02 Å². The maximum absolute atomic E-state index is 5.91. The van der Waals surface area contributed by atoms with Crippen molar-refractivity contribution in [2.24, 2.45) is 0 Å². The van der Waals surface area contributed by atoms with E-state index >= 15 is 0 Å². The van der Waals surface area contributed by atoms with Gasteiger partial charge in [0.1, 0.15) is 0 Å². The van der Waals surface area contributed by atoms with Crippen molar-refractivity contribution in [3.8, 4) is 5.75 Å². The first-order chi connectivity index (χ1) is 6.15. The molecule has 1 unspecified atom stereocenters. The summed E-state index contributed by atoms with van der Waals surface area (Å²) in [6, 6.07) is 1.69. The van der Waals surface area contributed by atoms with Crippen LogP contribution in [0, 0.1) is 6.92 Å². The molecule has 72 valence electrons. The van der Waals surface area contributed by atoms with Crippen molar-refractivity contribution in [3.05, 3.63) is 23.0 Å². The van der Waals surface area contributed by atoms with E-state index in [1.54, 1.807) is 26.3 Å². The lowest BCUT2D eigenvalue weighted by Gasteiger charge is -2.14. The van der Waals surface area contributed by atoms with Crippen molar-refractivity contribution in [1.82, 2.24) is 4.98 Å². The Morgan fingerprint density at radius 3 is 2.77 bits per heavy atom. The number of hydrogen-bond acceptors (Lipinski definition) is 3. The molecule has 4 heteroatoms. The van der Waals surface area contributed by atoms with E-state index < -0.39 is 0 Å². The molecular weight excluding hydrogens is 190 g/mol. The van der Waals surface area contributed by atoms with Crippen LogP contribution in [0.25, 0.3) is 0 Å². The van der Waals surface area contributed by atoms with Crippen molar-refractivity contribution in [2.75, 3.05) is 7.11 Å². The van der Waals surface area contributed by atoms with Crippen molar-refractivity contribution in [2.45, 2.75) is 20.1 Å². The summed E-state index contributed by atoms with van der Waals surface area (Å²) in [5.41, 5.74) is 0.761. The van der Waals surface area contributed by atoms with Gasteiger partial charge in [-0.1, -0.05) is 11.6 Å². The van der Waals surface area contributed by atoms with Gasteiger partial charge >= 0.3 is 0 Å². The Morgan fingerprint density at radius 1 is 1.54 bits per heavy atom. The monoisotopic (exact) mass is 201 g/mol. The van der Waals surface area contributed by atoms with Crippen molar-refractivity contribution < 1.29 is 9.47 Å². The van der Waals surface area contributed by atoms with E-state index in [-0.39, 0.29) is 6.29 Å². The molecule has 0 radical (unpaired) electrons. The second-order valence-electron chi connectivity index (χ2n) is 2.63. The van der Waals surface area contributed by atoms with Crippen LogP contribution < -0.4 is 4.74 Å². The minimum atomic E-state index is -0.319. The molecule has 0 bridgehead atoms. The first kappa shape index (κ1) is 10.3. The number of ether oxygens (including phenoxy) is 2. The fourth-order valence-electron chi connectivity index (χ4n) is 0.877. The fourth-order valence-corrected chi connectivity index (χ4v) is 1.11. The van der Waals surface area contributed by atoms with Gasteiger partial charge in [-0.15, -0.1) is 0 Å². The zero-order valence-corrected chi connectivity index (χ0v) is 8.63. The molecule has 1 rings (SSSR count). The van der Waals surface area contributed by atoms with Gasteiger partial charge in [0.2, 0.25) is 0 Å². The standard InChI is InChI=1S/C9H12ClNO2/c1-6-9(13-7(2)12-3)8(10)4-5-11-6/h4-5,7H,1-3H3. The fraction of sp³-hybridized carbons (Fsp3) is 0.444. The third kappa shape index (κ3) is 2.57. The van der Waals surface area contributed by atoms with Gasteiger partial charge in [0.05, 0.1) is 10.7 Å². The molecule has 0 aliphatic carbocycles. The van der Waals surface area contributed by atoms with Crippen LogP contribution in [0.15, 0.2) is 12.3 Å². The number of aryl methyl sites for hydroxylation is 1. The number of nitrogens with zero attached hydrogens (tertiary/aromatic N) is 1. The molecule has 3 nitrogen and oxygen atoms in total. The molecule has 0 saturated carbocycles. The zero-order chi connectivity index (χ0) is 9.84. The SMILES string of the molecule is COC(C)Oc1c(Cl)ccnc1C. The molecule has 0 amide bonds. The Balaban J connectivity index is 2.87. The molecule has 0 aliphatic heterocycles. The molecule has 0 saturated heterocycles. The molecule has 0 aliphatic rings. The largest absolute Gasteiger partial charge is 0.462 e. The summed E-state index contributed by atoms with van der Waals surface area (Å²) in [5, 5.41) is 0.552. The Kier molecular flexibility index (Phi) is 3.51. The van der Waals surface area contributed by atoms with Gasteiger partial charge in [0.15, 0.2) is 12.0 Å². The summed E-state index contributed by atoms with van der Waals surface area (Å²) in [6.07, 6.45) is 1.32. The van der Waals surface area contributed by atoms with E-state index in [4.69, 9.17) is 21.1 Å². The van der Waals surface area contributed by atoms with E-state index in [9.17, 15) is 0 Å². The number of hydrogen-bond donors (Lipinski definition) is 0. The molecule has 0 fully saturated rings. The van der Waals surface area contributed by atoms with Crippen LogP contribution in [0.5, 0.6) is 5.75 Å². The van der Waals surface area contributed by atoms with Crippen LogP contribution in [0.4, 0.5) is 0 Å². The predicted molar refractivity (Wildman–Crippen MR) is 51.1 cm³/mol. The average Bonchev–Trinajstić information content (AvgIpc) is 2.11. The second kappa shape index (κ2) is 4.44. The minimum Gasteiger partial charge on any atom is -0.462 e. The summed E-state index contributed by atoms with van der Waals surface area (Å²) in [5.74, 6) is 0.582. The van der Waals surface area contributed by atoms with E-state index in [2.05, 4.69) is 4.98 Å². The van der Waals surface area contributed by atoms with Crippen LogP contribution in [0.3, 0.4) is 0 Å². The summed E-state index contributed by atoms with van der Waals surface area (Å²) in [7, 11) is 1.57. The summed E-state index contributed by atoms with van der Waals surface area (Å²) >= 11 is 5.91. The first-order valence-corrected chi connectivity index (χ1v) is 4.33. The van der Waals surface area contributed by atoms with Gasteiger partial charge in [-0.2, -0.15) is 0 Å². The molecule has 1 aromatic rings. The van der Waals surface area contributed by atoms with Gasteiger partial charge in [0.25, 0.3) is 0 Å². The Hall–Kier alpha value is -0.800. The van der Waals surface area contributed by atoms with Crippen LogP contribution in [-0.4, -0.2) is 18.4 Å². The highest BCUT2D eigenvalue weighted by Gasteiger charge is 2.09. The highest BCUT2D eigenvalue weighted by Crippen LogP contribution is 2.27. The highest BCUT2D eigenvalue weighted by molar-refractivity contribution is 6.32. The zero-order valence-electron chi connectivity index (χ0n) is 7.87. The van der Waals surface area contributed by atoms with E-state index in [0.717, 1.165) is 5.69 Å². The molecule has 0 spiro atoms. The molecular formula is C9H12ClNO2. The Bertz CT molecular complexity index is 271. The Labute approximate surface area is 82.6 Å². The summed E-state index contributed by atoms with van der Waals surface area (Å²) in [6.45, 7) is 3.63. The molecule has 0 N–H and O–H groups in total. The molecule has 0 aromatic carbocycles. The molecule has 1 heterocycles. The molecule has 1 aromatic heterocycles. The third-order valence-corrected chi connectivity index (χ3v) is 1.95. The van der Waals surface area contributed by atoms with E-state index in [0.29, 0.717) is 10.8 Å². The summed E-state index contributed by atoms with van der Waals surface area (Å²) < 4.78 is 10.4. The lowest BCUT2D eigenvalue weighted by molar-refractivity contribution is -0.0388. The number of rotatable bonds is 3.